The van der Waals surface area contributed by atoms with Gasteiger partial charge in [0, 0.05) is 19.6 Å². The topological polar surface area (TPSA) is 67.3 Å². The third-order valence-corrected chi connectivity index (χ3v) is 4.24. The fourth-order valence-corrected chi connectivity index (χ4v) is 3.31. The lowest BCUT2D eigenvalue weighted by Gasteiger charge is -2.35. The van der Waals surface area contributed by atoms with Crippen molar-refractivity contribution in [1.29, 1.82) is 0 Å². The fourth-order valence-electron chi connectivity index (χ4n) is 3.31. The van der Waals surface area contributed by atoms with Crippen LogP contribution in [0, 0.1) is 0 Å². The number of aliphatic hydroxyl groups excluding tert-OH is 1. The SMILES string of the molecule is CCCc1nn(C)c(N(CCO)C2CCCCC2)c1N. The summed E-state index contributed by atoms with van der Waals surface area (Å²) < 4.78 is 1.89. The van der Waals surface area contributed by atoms with Crippen LogP contribution in [0.25, 0.3) is 0 Å². The van der Waals surface area contributed by atoms with E-state index in [0.717, 1.165) is 30.0 Å². The first-order valence-corrected chi connectivity index (χ1v) is 7.87. The molecule has 0 spiro atoms. The number of aryl methyl sites for hydroxylation is 2. The zero-order valence-corrected chi connectivity index (χ0v) is 12.8. The third kappa shape index (κ3) is 3.08. The van der Waals surface area contributed by atoms with E-state index in [-0.39, 0.29) is 6.61 Å². The van der Waals surface area contributed by atoms with Crippen molar-refractivity contribution < 1.29 is 5.11 Å². The number of rotatable bonds is 6. The van der Waals surface area contributed by atoms with E-state index in [1.54, 1.807) is 0 Å². The van der Waals surface area contributed by atoms with Crippen molar-refractivity contribution in [1.82, 2.24) is 9.78 Å². The van der Waals surface area contributed by atoms with Crippen LogP contribution in [0.2, 0.25) is 0 Å². The Morgan fingerprint density at radius 2 is 2.05 bits per heavy atom. The molecule has 0 aromatic carbocycles. The summed E-state index contributed by atoms with van der Waals surface area (Å²) in [5.74, 6) is 0.995. The Balaban J connectivity index is 2.28. The fraction of sp³-hybridized carbons (Fsp3) is 0.800. The molecular formula is C15H28N4O. The number of hydrogen-bond acceptors (Lipinski definition) is 4. The summed E-state index contributed by atoms with van der Waals surface area (Å²) in [6.07, 6.45) is 8.20. The molecule has 0 unspecified atom stereocenters. The lowest BCUT2D eigenvalue weighted by atomic mass is 9.94. The molecule has 0 aliphatic heterocycles. The first kappa shape index (κ1) is 15.2. The maximum absolute atomic E-state index is 9.41. The lowest BCUT2D eigenvalue weighted by molar-refractivity contribution is 0.288. The molecule has 0 amide bonds. The number of aromatic nitrogens is 2. The Kier molecular flexibility index (Phi) is 5.29. The Labute approximate surface area is 121 Å². The predicted molar refractivity (Wildman–Crippen MR) is 82.9 cm³/mol. The molecule has 1 fully saturated rings. The minimum absolute atomic E-state index is 0.157. The van der Waals surface area contributed by atoms with Gasteiger partial charge >= 0.3 is 0 Å². The van der Waals surface area contributed by atoms with Crippen LogP contribution in [-0.2, 0) is 13.5 Å². The van der Waals surface area contributed by atoms with Crippen LogP contribution in [0.3, 0.4) is 0 Å². The van der Waals surface area contributed by atoms with Gasteiger partial charge < -0.3 is 15.7 Å². The monoisotopic (exact) mass is 280 g/mol. The Morgan fingerprint density at radius 3 is 2.65 bits per heavy atom. The normalized spacial score (nSPS) is 16.6. The zero-order valence-electron chi connectivity index (χ0n) is 12.8. The molecule has 1 aromatic heterocycles. The van der Waals surface area contributed by atoms with Crippen LogP contribution in [0.4, 0.5) is 11.5 Å². The summed E-state index contributed by atoms with van der Waals surface area (Å²) in [6.45, 7) is 2.94. The lowest BCUT2D eigenvalue weighted by Crippen LogP contribution is -2.40. The number of nitrogen functional groups attached to an aromatic ring is 1. The molecule has 114 valence electrons. The number of nitrogens with zero attached hydrogens (tertiary/aromatic N) is 3. The van der Waals surface area contributed by atoms with E-state index < -0.39 is 0 Å². The van der Waals surface area contributed by atoms with Crippen molar-refractivity contribution in [2.75, 3.05) is 23.8 Å². The molecule has 1 aromatic rings. The molecule has 0 radical (unpaired) electrons. The first-order chi connectivity index (χ1) is 9.69. The summed E-state index contributed by atoms with van der Waals surface area (Å²) in [4.78, 5) is 2.28. The number of nitrogens with two attached hydrogens (primary N) is 1. The van der Waals surface area contributed by atoms with Crippen molar-refractivity contribution in [3.05, 3.63) is 5.69 Å². The van der Waals surface area contributed by atoms with E-state index in [9.17, 15) is 5.11 Å². The minimum Gasteiger partial charge on any atom is -0.395 e. The maximum Gasteiger partial charge on any atom is 0.150 e. The highest BCUT2D eigenvalue weighted by Gasteiger charge is 2.26. The highest BCUT2D eigenvalue weighted by atomic mass is 16.3. The van der Waals surface area contributed by atoms with Gasteiger partial charge in [-0.05, 0) is 19.3 Å². The van der Waals surface area contributed by atoms with E-state index in [1.165, 1.54) is 32.1 Å². The second kappa shape index (κ2) is 6.97. The largest absolute Gasteiger partial charge is 0.395 e. The van der Waals surface area contributed by atoms with Gasteiger partial charge in [-0.1, -0.05) is 32.6 Å². The molecule has 3 N–H and O–H groups in total. The minimum atomic E-state index is 0.157. The molecule has 0 atom stereocenters. The van der Waals surface area contributed by atoms with Gasteiger partial charge in [0.25, 0.3) is 0 Å². The van der Waals surface area contributed by atoms with Crippen LogP contribution in [0.1, 0.15) is 51.1 Å². The second-order valence-corrected chi connectivity index (χ2v) is 5.77. The average molecular weight is 280 g/mol. The summed E-state index contributed by atoms with van der Waals surface area (Å²) in [5.41, 5.74) is 8.11. The standard InChI is InChI=1S/C15H28N4O/c1-3-7-13-14(16)15(18(2)17-13)19(10-11-20)12-8-5-4-6-9-12/h12,20H,3-11,16H2,1-2H3. The van der Waals surface area contributed by atoms with Crippen LogP contribution >= 0.6 is 0 Å². The smallest absolute Gasteiger partial charge is 0.150 e. The third-order valence-electron chi connectivity index (χ3n) is 4.24. The number of anilines is 2. The van der Waals surface area contributed by atoms with Gasteiger partial charge in [0.2, 0.25) is 0 Å². The summed E-state index contributed by atoms with van der Waals surface area (Å²) >= 11 is 0. The number of hydrogen-bond donors (Lipinski definition) is 2. The highest BCUT2D eigenvalue weighted by molar-refractivity contribution is 5.67. The van der Waals surface area contributed by atoms with Crippen LogP contribution < -0.4 is 10.6 Å². The van der Waals surface area contributed by atoms with E-state index in [0.29, 0.717) is 12.6 Å². The van der Waals surface area contributed by atoms with Crippen molar-refractivity contribution in [2.24, 2.45) is 7.05 Å². The molecule has 2 rings (SSSR count). The summed E-state index contributed by atoms with van der Waals surface area (Å²) in [6, 6.07) is 0.489. The van der Waals surface area contributed by atoms with Gasteiger partial charge in [-0.2, -0.15) is 5.10 Å². The quantitative estimate of drug-likeness (QED) is 0.837. The molecule has 5 heteroatoms. The van der Waals surface area contributed by atoms with Crippen molar-refractivity contribution in [3.63, 3.8) is 0 Å². The molecule has 1 aliphatic carbocycles. The molecule has 20 heavy (non-hydrogen) atoms. The van der Waals surface area contributed by atoms with E-state index >= 15 is 0 Å². The van der Waals surface area contributed by atoms with Crippen molar-refractivity contribution in [3.8, 4) is 0 Å². The zero-order chi connectivity index (χ0) is 14.5. The molecule has 0 saturated heterocycles. The first-order valence-electron chi connectivity index (χ1n) is 7.87. The predicted octanol–water partition coefficient (Wildman–Crippen LogP) is 2.09. The molecule has 5 nitrogen and oxygen atoms in total. The molecular weight excluding hydrogens is 252 g/mol. The molecule has 1 heterocycles. The Morgan fingerprint density at radius 1 is 1.35 bits per heavy atom. The van der Waals surface area contributed by atoms with Crippen LogP contribution in [0.15, 0.2) is 0 Å². The molecule has 1 saturated carbocycles. The summed E-state index contributed by atoms with van der Waals surface area (Å²) in [7, 11) is 1.96. The maximum atomic E-state index is 9.41. The van der Waals surface area contributed by atoms with Gasteiger partial charge in [-0.3, -0.25) is 4.68 Å². The van der Waals surface area contributed by atoms with Crippen molar-refractivity contribution in [2.45, 2.75) is 57.9 Å². The van der Waals surface area contributed by atoms with E-state index in [1.807, 2.05) is 11.7 Å². The summed E-state index contributed by atoms with van der Waals surface area (Å²) in [5, 5.41) is 14.0. The average Bonchev–Trinajstić information content (AvgIpc) is 2.73. The van der Waals surface area contributed by atoms with Gasteiger partial charge in [0.1, 0.15) is 0 Å². The van der Waals surface area contributed by atoms with Gasteiger partial charge in [0.05, 0.1) is 18.0 Å². The molecule has 1 aliphatic rings. The van der Waals surface area contributed by atoms with E-state index in [4.69, 9.17) is 5.73 Å². The Hall–Kier alpha value is -1.23. The van der Waals surface area contributed by atoms with Gasteiger partial charge in [-0.25, -0.2) is 0 Å². The van der Waals surface area contributed by atoms with Gasteiger partial charge in [-0.15, -0.1) is 0 Å². The van der Waals surface area contributed by atoms with Gasteiger partial charge in [0.15, 0.2) is 5.82 Å². The number of aliphatic hydroxyl groups is 1. The van der Waals surface area contributed by atoms with E-state index in [2.05, 4.69) is 16.9 Å². The van der Waals surface area contributed by atoms with Crippen LogP contribution in [0.5, 0.6) is 0 Å². The van der Waals surface area contributed by atoms with Crippen LogP contribution in [-0.4, -0.2) is 34.1 Å². The highest BCUT2D eigenvalue weighted by Crippen LogP contribution is 2.32. The Bertz CT molecular complexity index is 424. The molecule has 0 bridgehead atoms. The van der Waals surface area contributed by atoms with Crippen molar-refractivity contribution >= 4 is 11.5 Å². The second-order valence-electron chi connectivity index (χ2n) is 5.77.